The van der Waals surface area contributed by atoms with Crippen molar-refractivity contribution >= 4 is 33.1 Å². The van der Waals surface area contributed by atoms with Gasteiger partial charge >= 0.3 is 0 Å². The van der Waals surface area contributed by atoms with Crippen LogP contribution in [0.1, 0.15) is 23.8 Å². The normalized spacial score (nSPS) is 16.1. The number of aliphatic hydroxyl groups is 1. The molecule has 2 N–H and O–H groups in total. The zero-order valence-corrected chi connectivity index (χ0v) is 17.0. The van der Waals surface area contributed by atoms with Crippen LogP contribution in [0.15, 0.2) is 36.9 Å². The first-order valence-corrected chi connectivity index (χ1v) is 10.7. The average Bonchev–Trinajstić information content (AvgIpc) is 3.32. The largest absolute Gasteiger partial charge is 0.394 e. The lowest BCUT2D eigenvalue weighted by molar-refractivity contribution is 0.269. The van der Waals surface area contributed by atoms with E-state index in [-0.39, 0.29) is 6.61 Å². The Morgan fingerprint density at radius 3 is 3.07 bits per heavy atom. The number of hydrogen-bond donors (Lipinski definition) is 2. The van der Waals surface area contributed by atoms with Gasteiger partial charge in [0.2, 0.25) is 0 Å². The van der Waals surface area contributed by atoms with Gasteiger partial charge in [0.15, 0.2) is 5.82 Å². The summed E-state index contributed by atoms with van der Waals surface area (Å²) in [6, 6.07) is 3.88. The Balaban J connectivity index is 1.64. The molecule has 0 aliphatic heterocycles. The first-order chi connectivity index (χ1) is 14.2. The smallest absolute Gasteiger partial charge is 0.164 e. The van der Waals surface area contributed by atoms with Crippen LogP contribution < -0.4 is 5.32 Å². The van der Waals surface area contributed by atoms with Gasteiger partial charge in [-0.25, -0.2) is 9.97 Å². The van der Waals surface area contributed by atoms with Gasteiger partial charge in [-0.15, -0.1) is 11.3 Å². The number of aryl methyl sites for hydroxylation is 1. The summed E-state index contributed by atoms with van der Waals surface area (Å²) in [7, 11) is 0. The molecule has 8 heteroatoms. The van der Waals surface area contributed by atoms with Crippen molar-refractivity contribution in [2.45, 2.75) is 32.7 Å². The zero-order chi connectivity index (χ0) is 19.8. The number of nitrogens with zero attached hydrogens (tertiary/aromatic N) is 5. The van der Waals surface area contributed by atoms with Crippen LogP contribution in [0.5, 0.6) is 0 Å². The molecule has 1 atom stereocenters. The second-order valence-electron chi connectivity index (χ2n) is 7.51. The molecule has 0 unspecified atom stereocenters. The van der Waals surface area contributed by atoms with Crippen molar-refractivity contribution in [3.8, 4) is 11.4 Å². The maximum atomic E-state index is 9.14. The SMILES string of the molecule is C[C@H]1CCc2c(sc3nc(-c4cccnc4)nc(Nc4cnn(CCO)c4)c23)C1. The number of rotatable bonds is 5. The lowest BCUT2D eigenvalue weighted by Crippen LogP contribution is -2.09. The molecule has 7 nitrogen and oxygen atoms in total. The van der Waals surface area contributed by atoms with Gasteiger partial charge in [-0.1, -0.05) is 6.92 Å². The summed E-state index contributed by atoms with van der Waals surface area (Å²) in [6.45, 7) is 2.84. The fourth-order valence-corrected chi connectivity index (χ4v) is 5.23. The fourth-order valence-electron chi connectivity index (χ4n) is 3.85. The first-order valence-electron chi connectivity index (χ1n) is 9.84. The molecule has 4 aromatic heterocycles. The highest BCUT2D eigenvalue weighted by Gasteiger charge is 2.24. The van der Waals surface area contributed by atoms with E-state index in [9.17, 15) is 0 Å². The molecule has 0 spiro atoms. The maximum Gasteiger partial charge on any atom is 0.164 e. The van der Waals surface area contributed by atoms with Crippen molar-refractivity contribution < 1.29 is 5.11 Å². The van der Waals surface area contributed by atoms with Crippen LogP contribution in [0.3, 0.4) is 0 Å². The Kier molecular flexibility index (Phi) is 4.73. The molecule has 4 heterocycles. The summed E-state index contributed by atoms with van der Waals surface area (Å²) in [4.78, 5) is 16.4. The first kappa shape index (κ1) is 18.2. The van der Waals surface area contributed by atoms with Crippen LogP contribution >= 0.6 is 11.3 Å². The molecule has 29 heavy (non-hydrogen) atoms. The highest BCUT2D eigenvalue weighted by Crippen LogP contribution is 2.41. The summed E-state index contributed by atoms with van der Waals surface area (Å²) >= 11 is 1.78. The van der Waals surface area contributed by atoms with Crippen molar-refractivity contribution in [1.29, 1.82) is 0 Å². The van der Waals surface area contributed by atoms with Gasteiger partial charge in [0.25, 0.3) is 0 Å². The quantitative estimate of drug-likeness (QED) is 0.524. The van der Waals surface area contributed by atoms with Crippen LogP contribution in [-0.4, -0.2) is 36.4 Å². The fraction of sp³-hybridized carbons (Fsp3) is 0.333. The summed E-state index contributed by atoms with van der Waals surface area (Å²) < 4.78 is 1.72. The van der Waals surface area contributed by atoms with Gasteiger partial charge in [-0.05, 0) is 42.9 Å². The Morgan fingerprint density at radius 1 is 1.31 bits per heavy atom. The second-order valence-corrected chi connectivity index (χ2v) is 8.59. The minimum Gasteiger partial charge on any atom is -0.394 e. The van der Waals surface area contributed by atoms with E-state index in [1.54, 1.807) is 34.6 Å². The molecule has 0 radical (unpaired) electrons. The molecule has 1 aliphatic rings. The van der Waals surface area contributed by atoms with Crippen LogP contribution in [0, 0.1) is 5.92 Å². The summed E-state index contributed by atoms with van der Waals surface area (Å²) in [5.74, 6) is 2.18. The summed E-state index contributed by atoms with van der Waals surface area (Å²) in [5, 5.41) is 18.0. The molecule has 0 saturated carbocycles. The van der Waals surface area contributed by atoms with E-state index in [1.165, 1.54) is 16.9 Å². The molecule has 0 aromatic carbocycles. The number of fused-ring (bicyclic) bond motifs is 3. The molecule has 148 valence electrons. The van der Waals surface area contributed by atoms with E-state index < -0.39 is 0 Å². The molecule has 5 rings (SSSR count). The molecular formula is C21H22N6OS. The summed E-state index contributed by atoms with van der Waals surface area (Å²) in [5.41, 5.74) is 3.12. The van der Waals surface area contributed by atoms with Gasteiger partial charge in [0.05, 0.1) is 30.4 Å². The Morgan fingerprint density at radius 2 is 2.24 bits per heavy atom. The Hall–Kier alpha value is -2.84. The third-order valence-corrected chi connectivity index (χ3v) is 6.45. The van der Waals surface area contributed by atoms with E-state index in [4.69, 9.17) is 15.1 Å². The van der Waals surface area contributed by atoms with Crippen molar-refractivity contribution in [2.75, 3.05) is 11.9 Å². The number of hydrogen-bond acceptors (Lipinski definition) is 7. The molecule has 0 saturated heterocycles. The van der Waals surface area contributed by atoms with Crippen LogP contribution in [0.25, 0.3) is 21.6 Å². The Bertz CT molecular complexity index is 1150. The van der Waals surface area contributed by atoms with Gasteiger partial charge in [0.1, 0.15) is 10.6 Å². The van der Waals surface area contributed by atoms with E-state index in [1.807, 2.05) is 18.3 Å². The monoisotopic (exact) mass is 406 g/mol. The average molecular weight is 407 g/mol. The molecule has 0 bridgehead atoms. The number of aliphatic hydroxyl groups excluding tert-OH is 1. The number of aromatic nitrogens is 5. The highest BCUT2D eigenvalue weighted by atomic mass is 32.1. The maximum absolute atomic E-state index is 9.14. The van der Waals surface area contributed by atoms with Crippen molar-refractivity contribution in [3.05, 3.63) is 47.4 Å². The number of anilines is 2. The zero-order valence-electron chi connectivity index (χ0n) is 16.2. The lowest BCUT2D eigenvalue weighted by Gasteiger charge is -2.18. The standard InChI is InChI=1S/C21H22N6OS/c1-13-4-5-16-17(9-13)29-21-18(16)20(24-15-11-23-27(12-15)7-8-28)25-19(26-21)14-3-2-6-22-10-14/h2-3,6,10-13,28H,4-5,7-9H2,1H3,(H,24,25,26)/t13-/m0/s1. The topological polar surface area (TPSA) is 88.8 Å². The molecule has 4 aromatic rings. The highest BCUT2D eigenvalue weighted by molar-refractivity contribution is 7.19. The van der Waals surface area contributed by atoms with Crippen LogP contribution in [-0.2, 0) is 19.4 Å². The van der Waals surface area contributed by atoms with E-state index in [2.05, 4.69) is 22.3 Å². The number of pyridine rings is 1. The second kappa shape index (κ2) is 7.53. The number of thiophene rings is 1. The molecule has 0 fully saturated rings. The third-order valence-electron chi connectivity index (χ3n) is 5.30. The van der Waals surface area contributed by atoms with Gasteiger partial charge < -0.3 is 10.4 Å². The summed E-state index contributed by atoms with van der Waals surface area (Å²) in [6.07, 6.45) is 10.5. The minimum atomic E-state index is 0.0558. The van der Waals surface area contributed by atoms with Gasteiger partial charge in [-0.2, -0.15) is 5.10 Å². The van der Waals surface area contributed by atoms with Gasteiger partial charge in [0, 0.05) is 29.0 Å². The predicted molar refractivity (Wildman–Crippen MR) is 114 cm³/mol. The van der Waals surface area contributed by atoms with Crippen LogP contribution in [0.4, 0.5) is 11.5 Å². The van der Waals surface area contributed by atoms with E-state index in [0.717, 1.165) is 40.1 Å². The van der Waals surface area contributed by atoms with Crippen molar-refractivity contribution in [1.82, 2.24) is 24.7 Å². The molecular weight excluding hydrogens is 384 g/mol. The minimum absolute atomic E-state index is 0.0558. The predicted octanol–water partition coefficient (Wildman–Crippen LogP) is 3.81. The number of nitrogens with one attached hydrogen (secondary N) is 1. The molecule has 0 amide bonds. The molecule has 1 aliphatic carbocycles. The van der Waals surface area contributed by atoms with E-state index >= 15 is 0 Å². The lowest BCUT2D eigenvalue weighted by atomic mass is 9.89. The Labute approximate surface area is 172 Å². The van der Waals surface area contributed by atoms with Crippen molar-refractivity contribution in [3.63, 3.8) is 0 Å². The van der Waals surface area contributed by atoms with Crippen molar-refractivity contribution in [2.24, 2.45) is 5.92 Å². The van der Waals surface area contributed by atoms with E-state index in [0.29, 0.717) is 18.3 Å². The van der Waals surface area contributed by atoms with Gasteiger partial charge in [-0.3, -0.25) is 9.67 Å². The van der Waals surface area contributed by atoms with Crippen LogP contribution in [0.2, 0.25) is 0 Å². The third kappa shape index (κ3) is 3.49.